The first-order chi connectivity index (χ1) is 13.2. The Morgan fingerprint density at radius 3 is 2.68 bits per heavy atom. The first-order valence-corrected chi connectivity index (χ1v) is 9.73. The Morgan fingerprint density at radius 2 is 2.04 bits per heavy atom. The van der Waals surface area contributed by atoms with Gasteiger partial charge in [-0.05, 0) is 38.5 Å². The highest BCUT2D eigenvalue weighted by atomic mass is 79.9. The number of ether oxygens (including phenoxy) is 2. The number of rotatable bonds is 5. The number of carbonyl (C=O) groups is 3. The van der Waals surface area contributed by atoms with Crippen molar-refractivity contribution in [2.75, 3.05) is 11.9 Å². The summed E-state index contributed by atoms with van der Waals surface area (Å²) in [5, 5.41) is 2.76. The lowest BCUT2D eigenvalue weighted by Crippen LogP contribution is -2.48. The van der Waals surface area contributed by atoms with Crippen LogP contribution in [0.25, 0.3) is 0 Å². The van der Waals surface area contributed by atoms with E-state index in [-0.39, 0.29) is 29.4 Å². The topological polar surface area (TPSA) is 108 Å². The number of hydrogen-bond donors (Lipinski definition) is 2. The van der Waals surface area contributed by atoms with Crippen molar-refractivity contribution >= 4 is 39.3 Å². The molecule has 1 aromatic rings. The largest absolute Gasteiger partial charge is 0.462 e. The molecule has 8 heteroatoms. The van der Waals surface area contributed by atoms with Crippen molar-refractivity contribution in [3.63, 3.8) is 0 Å². The average Bonchev–Trinajstić information content (AvgIpc) is 2.87. The summed E-state index contributed by atoms with van der Waals surface area (Å²) in [6.07, 6.45) is 1.49. The third-order valence-electron chi connectivity index (χ3n) is 4.87. The molecule has 1 amide bonds. The second-order valence-electron chi connectivity index (χ2n) is 6.71. The molecule has 0 saturated carbocycles. The minimum atomic E-state index is -1.72. The SMILES string of the molecule is CCCCOC(=O)C1=C(N)OC(C)=C(C(C)=O)C12C(=O)Nc1ccc(Br)cc12. The number of Topliss-reactive ketones (excluding diaryl/α,β-unsaturated/α-hetero) is 1. The predicted octanol–water partition coefficient (Wildman–Crippen LogP) is 3.05. The van der Waals surface area contributed by atoms with E-state index >= 15 is 0 Å². The maximum absolute atomic E-state index is 13.3. The number of fused-ring (bicyclic) bond motifs is 2. The fraction of sp³-hybridized carbons (Fsp3) is 0.350. The molecule has 0 saturated heterocycles. The van der Waals surface area contributed by atoms with Crippen molar-refractivity contribution < 1.29 is 23.9 Å². The maximum atomic E-state index is 13.3. The Labute approximate surface area is 171 Å². The third kappa shape index (κ3) is 2.92. The molecular formula is C20H21BrN2O5. The molecule has 7 nitrogen and oxygen atoms in total. The lowest BCUT2D eigenvalue weighted by Gasteiger charge is -2.35. The molecule has 0 bridgehead atoms. The fourth-order valence-electron chi connectivity index (χ4n) is 3.76. The number of anilines is 1. The Kier molecular flexibility index (Phi) is 5.34. The second-order valence-corrected chi connectivity index (χ2v) is 7.63. The van der Waals surface area contributed by atoms with E-state index in [1.807, 2.05) is 6.92 Å². The van der Waals surface area contributed by atoms with Gasteiger partial charge in [0.1, 0.15) is 16.7 Å². The molecule has 0 radical (unpaired) electrons. The maximum Gasteiger partial charge on any atom is 0.341 e. The van der Waals surface area contributed by atoms with Gasteiger partial charge in [0.05, 0.1) is 12.2 Å². The van der Waals surface area contributed by atoms with Gasteiger partial charge in [-0.2, -0.15) is 0 Å². The number of amides is 1. The Morgan fingerprint density at radius 1 is 1.32 bits per heavy atom. The Bertz CT molecular complexity index is 950. The van der Waals surface area contributed by atoms with Gasteiger partial charge in [-0.1, -0.05) is 29.3 Å². The lowest BCUT2D eigenvalue weighted by molar-refractivity contribution is -0.141. The van der Waals surface area contributed by atoms with Crippen LogP contribution in [0.4, 0.5) is 5.69 Å². The first-order valence-electron chi connectivity index (χ1n) is 8.94. The monoisotopic (exact) mass is 448 g/mol. The number of hydrogen-bond acceptors (Lipinski definition) is 6. The zero-order valence-electron chi connectivity index (χ0n) is 15.8. The van der Waals surface area contributed by atoms with Crippen LogP contribution in [0.2, 0.25) is 0 Å². The van der Waals surface area contributed by atoms with Gasteiger partial charge < -0.3 is 20.5 Å². The van der Waals surface area contributed by atoms with Crippen LogP contribution in [0.15, 0.2) is 45.5 Å². The summed E-state index contributed by atoms with van der Waals surface area (Å²) in [5.74, 6) is -1.78. The molecule has 3 rings (SSSR count). The van der Waals surface area contributed by atoms with Crippen LogP contribution >= 0.6 is 15.9 Å². The normalized spacial score (nSPS) is 20.8. The van der Waals surface area contributed by atoms with E-state index in [0.29, 0.717) is 22.1 Å². The van der Waals surface area contributed by atoms with Crippen LogP contribution in [0.5, 0.6) is 0 Å². The number of carbonyl (C=O) groups excluding carboxylic acids is 3. The minimum absolute atomic E-state index is 0.0680. The zero-order valence-corrected chi connectivity index (χ0v) is 17.4. The summed E-state index contributed by atoms with van der Waals surface area (Å²) in [4.78, 5) is 38.9. The number of unbranched alkanes of at least 4 members (excludes halogenated alkanes) is 1. The highest BCUT2D eigenvalue weighted by molar-refractivity contribution is 9.10. The highest BCUT2D eigenvalue weighted by Gasteiger charge is 2.60. The second kappa shape index (κ2) is 7.43. The van der Waals surface area contributed by atoms with E-state index in [9.17, 15) is 14.4 Å². The van der Waals surface area contributed by atoms with Crippen molar-refractivity contribution in [1.82, 2.24) is 0 Å². The first kappa shape index (κ1) is 20.1. The van der Waals surface area contributed by atoms with Gasteiger partial charge in [-0.3, -0.25) is 9.59 Å². The number of ketones is 1. The molecule has 1 aromatic carbocycles. The number of nitrogens with two attached hydrogens (primary N) is 1. The molecule has 1 spiro atoms. The molecule has 1 unspecified atom stereocenters. The molecule has 0 aromatic heterocycles. The van der Waals surface area contributed by atoms with Crippen molar-refractivity contribution in [3.8, 4) is 0 Å². The molecule has 0 fully saturated rings. The summed E-state index contributed by atoms with van der Waals surface area (Å²) < 4.78 is 11.5. The van der Waals surface area contributed by atoms with E-state index in [1.54, 1.807) is 25.1 Å². The zero-order chi connectivity index (χ0) is 20.6. The molecule has 1 atom stereocenters. The van der Waals surface area contributed by atoms with Crippen LogP contribution in [0, 0.1) is 0 Å². The molecule has 2 aliphatic rings. The molecule has 2 aliphatic heterocycles. The summed E-state index contributed by atoms with van der Waals surface area (Å²) in [6.45, 7) is 5.01. The van der Waals surface area contributed by atoms with Gasteiger partial charge in [0, 0.05) is 15.7 Å². The fourth-order valence-corrected chi connectivity index (χ4v) is 4.12. The van der Waals surface area contributed by atoms with Gasteiger partial charge in [-0.15, -0.1) is 0 Å². The van der Waals surface area contributed by atoms with Crippen molar-refractivity contribution in [1.29, 1.82) is 0 Å². The standard InChI is InChI=1S/C20H21BrN2O5/c1-4-5-8-27-18(25)16-17(22)28-11(3)15(10(2)24)20(16)13-9-12(21)6-7-14(13)23-19(20)26/h6-7,9H,4-5,8,22H2,1-3H3,(H,23,26). The molecular weight excluding hydrogens is 428 g/mol. The summed E-state index contributed by atoms with van der Waals surface area (Å²) in [7, 11) is 0. The molecule has 148 valence electrons. The number of allylic oxidation sites excluding steroid dienone is 1. The van der Waals surface area contributed by atoms with E-state index in [4.69, 9.17) is 15.2 Å². The number of benzene rings is 1. The quantitative estimate of drug-likeness (QED) is 0.529. The van der Waals surface area contributed by atoms with Crippen molar-refractivity contribution in [3.05, 3.63) is 51.0 Å². The average molecular weight is 449 g/mol. The van der Waals surface area contributed by atoms with Crippen LogP contribution in [0.3, 0.4) is 0 Å². The van der Waals surface area contributed by atoms with Crippen LogP contribution < -0.4 is 11.1 Å². The molecule has 3 N–H and O–H groups in total. The van der Waals surface area contributed by atoms with Crippen LogP contribution in [-0.2, 0) is 29.3 Å². The predicted molar refractivity (Wildman–Crippen MR) is 106 cm³/mol. The Hall–Kier alpha value is -2.61. The highest BCUT2D eigenvalue weighted by Crippen LogP contribution is 2.52. The van der Waals surface area contributed by atoms with Gasteiger partial charge in [0.25, 0.3) is 0 Å². The van der Waals surface area contributed by atoms with Gasteiger partial charge in [0.15, 0.2) is 5.78 Å². The molecule has 0 aliphatic carbocycles. The van der Waals surface area contributed by atoms with E-state index < -0.39 is 23.1 Å². The number of nitrogens with one attached hydrogen (secondary N) is 1. The summed E-state index contributed by atoms with van der Waals surface area (Å²) in [5.41, 5.74) is 5.19. The minimum Gasteiger partial charge on any atom is -0.462 e. The van der Waals surface area contributed by atoms with Crippen LogP contribution in [0.1, 0.15) is 39.2 Å². The number of halogens is 1. The Balaban J connectivity index is 2.29. The summed E-state index contributed by atoms with van der Waals surface area (Å²) >= 11 is 3.40. The van der Waals surface area contributed by atoms with Gasteiger partial charge >= 0.3 is 5.97 Å². The third-order valence-corrected chi connectivity index (χ3v) is 5.37. The van der Waals surface area contributed by atoms with Crippen molar-refractivity contribution in [2.45, 2.75) is 39.0 Å². The lowest BCUT2D eigenvalue weighted by atomic mass is 9.66. The summed E-state index contributed by atoms with van der Waals surface area (Å²) in [6, 6.07) is 5.15. The molecule has 2 heterocycles. The molecule has 28 heavy (non-hydrogen) atoms. The number of esters is 1. The van der Waals surface area contributed by atoms with E-state index in [0.717, 1.165) is 6.42 Å². The van der Waals surface area contributed by atoms with Gasteiger partial charge in [-0.25, -0.2) is 4.79 Å². The van der Waals surface area contributed by atoms with Crippen molar-refractivity contribution in [2.24, 2.45) is 5.73 Å². The van der Waals surface area contributed by atoms with Gasteiger partial charge in [0.2, 0.25) is 11.8 Å². The van der Waals surface area contributed by atoms with E-state index in [2.05, 4.69) is 21.2 Å². The van der Waals surface area contributed by atoms with Crippen LogP contribution in [-0.4, -0.2) is 24.3 Å². The smallest absolute Gasteiger partial charge is 0.341 e. The van der Waals surface area contributed by atoms with E-state index in [1.165, 1.54) is 6.92 Å².